The number of amides is 1. The van der Waals surface area contributed by atoms with E-state index in [1.54, 1.807) is 6.07 Å². The molecule has 0 heterocycles. The predicted molar refractivity (Wildman–Crippen MR) is 71.8 cm³/mol. The van der Waals surface area contributed by atoms with Crippen molar-refractivity contribution in [2.24, 2.45) is 0 Å². The lowest BCUT2D eigenvalue weighted by atomic mass is 10.2. The molecule has 1 aromatic carbocycles. The molecule has 0 aliphatic heterocycles. The lowest BCUT2D eigenvalue weighted by molar-refractivity contribution is -0.274. The summed E-state index contributed by atoms with van der Waals surface area (Å²) in [5.74, 6) is -1.78. The molecule has 1 rings (SSSR count). The second kappa shape index (κ2) is 7.17. The van der Waals surface area contributed by atoms with E-state index in [1.807, 2.05) is 0 Å². The number of hydrogen-bond acceptors (Lipinski definition) is 4. The standard InChI is InChI=1S/C14H11F3N2O3/c1-2-3-12(20)11(8-18)13(21)19-9-4-6-10(7-5-9)22-14(15,16)17/h2,4-7,20H,1,3H2,(H,19,21). The highest BCUT2D eigenvalue weighted by molar-refractivity contribution is 6.06. The number of benzene rings is 1. The van der Waals surface area contributed by atoms with Crippen LogP contribution in [0.1, 0.15) is 6.42 Å². The van der Waals surface area contributed by atoms with Gasteiger partial charge >= 0.3 is 6.36 Å². The molecule has 0 bridgehead atoms. The van der Waals surface area contributed by atoms with Crippen molar-refractivity contribution >= 4 is 11.6 Å². The Morgan fingerprint density at radius 2 is 2.00 bits per heavy atom. The smallest absolute Gasteiger partial charge is 0.510 e. The zero-order valence-electron chi connectivity index (χ0n) is 11.1. The van der Waals surface area contributed by atoms with Gasteiger partial charge in [-0.1, -0.05) is 6.08 Å². The number of anilines is 1. The topological polar surface area (TPSA) is 82.3 Å². The number of nitrogens with one attached hydrogen (secondary N) is 1. The van der Waals surface area contributed by atoms with Gasteiger partial charge < -0.3 is 15.2 Å². The predicted octanol–water partition coefficient (Wildman–Crippen LogP) is 3.44. The number of aliphatic hydroxyl groups excluding tert-OH is 1. The molecule has 116 valence electrons. The van der Waals surface area contributed by atoms with Crippen LogP contribution in [0, 0.1) is 11.3 Å². The molecule has 0 unspecified atom stereocenters. The number of carbonyl (C=O) groups is 1. The van der Waals surface area contributed by atoms with Crippen molar-refractivity contribution in [2.75, 3.05) is 5.32 Å². The summed E-state index contributed by atoms with van der Waals surface area (Å²) in [6, 6.07) is 5.88. The Bertz CT molecular complexity index is 628. The van der Waals surface area contributed by atoms with E-state index >= 15 is 0 Å². The number of nitriles is 1. The Morgan fingerprint density at radius 1 is 1.41 bits per heavy atom. The molecule has 0 aliphatic rings. The van der Waals surface area contributed by atoms with E-state index in [2.05, 4.69) is 16.6 Å². The normalized spacial score (nSPS) is 11.9. The van der Waals surface area contributed by atoms with Gasteiger partial charge in [0.2, 0.25) is 0 Å². The zero-order chi connectivity index (χ0) is 16.8. The number of allylic oxidation sites excluding steroid dienone is 1. The van der Waals surface area contributed by atoms with E-state index < -0.39 is 29.4 Å². The van der Waals surface area contributed by atoms with Crippen molar-refractivity contribution in [3.8, 4) is 11.8 Å². The molecule has 0 spiro atoms. The fourth-order valence-corrected chi connectivity index (χ4v) is 1.42. The molecule has 0 saturated carbocycles. The third kappa shape index (κ3) is 5.20. The van der Waals surface area contributed by atoms with Gasteiger partial charge in [0, 0.05) is 12.1 Å². The number of nitrogens with zero attached hydrogens (tertiary/aromatic N) is 1. The van der Waals surface area contributed by atoms with Gasteiger partial charge in [-0.3, -0.25) is 4.79 Å². The molecule has 0 aromatic heterocycles. The largest absolute Gasteiger partial charge is 0.573 e. The Balaban J connectivity index is 2.83. The van der Waals surface area contributed by atoms with Crippen LogP contribution in [-0.4, -0.2) is 17.4 Å². The lowest BCUT2D eigenvalue weighted by Crippen LogP contribution is -2.17. The first-order valence-corrected chi connectivity index (χ1v) is 5.87. The first-order chi connectivity index (χ1) is 10.3. The van der Waals surface area contributed by atoms with Crippen molar-refractivity contribution in [3.05, 3.63) is 48.3 Å². The molecular formula is C14H11F3N2O3. The SMILES string of the molecule is C=CCC(O)=C(C#N)C(=O)Nc1ccc(OC(F)(F)F)cc1. The number of rotatable bonds is 5. The molecule has 0 atom stereocenters. The Kier molecular flexibility index (Phi) is 5.57. The van der Waals surface area contributed by atoms with Crippen LogP contribution in [0.25, 0.3) is 0 Å². The van der Waals surface area contributed by atoms with Crippen LogP contribution in [0.15, 0.2) is 48.3 Å². The summed E-state index contributed by atoms with van der Waals surface area (Å²) in [7, 11) is 0. The second-order valence-electron chi connectivity index (χ2n) is 3.95. The van der Waals surface area contributed by atoms with Gasteiger partial charge in [0.25, 0.3) is 5.91 Å². The van der Waals surface area contributed by atoms with E-state index in [9.17, 15) is 23.1 Å². The van der Waals surface area contributed by atoms with Gasteiger partial charge in [0.1, 0.15) is 17.6 Å². The van der Waals surface area contributed by atoms with E-state index in [0.717, 1.165) is 12.1 Å². The van der Waals surface area contributed by atoms with E-state index in [-0.39, 0.29) is 12.1 Å². The van der Waals surface area contributed by atoms with Gasteiger partial charge in [-0.25, -0.2) is 0 Å². The summed E-state index contributed by atoms with van der Waals surface area (Å²) in [6.45, 7) is 3.36. The van der Waals surface area contributed by atoms with E-state index in [1.165, 1.54) is 18.2 Å². The van der Waals surface area contributed by atoms with E-state index in [0.29, 0.717) is 0 Å². The quantitative estimate of drug-likeness (QED) is 0.378. The van der Waals surface area contributed by atoms with Crippen LogP contribution < -0.4 is 10.1 Å². The summed E-state index contributed by atoms with van der Waals surface area (Å²) >= 11 is 0. The number of aliphatic hydroxyl groups is 1. The molecule has 0 aliphatic carbocycles. The Morgan fingerprint density at radius 3 is 2.45 bits per heavy atom. The fraction of sp³-hybridized carbons (Fsp3) is 0.143. The minimum atomic E-state index is -4.81. The van der Waals surface area contributed by atoms with Crippen molar-refractivity contribution in [1.82, 2.24) is 0 Å². The molecule has 0 radical (unpaired) electrons. The maximum Gasteiger partial charge on any atom is 0.573 e. The highest BCUT2D eigenvalue weighted by atomic mass is 19.4. The molecule has 1 aromatic rings. The average molecular weight is 312 g/mol. The first kappa shape index (κ1) is 17.1. The highest BCUT2D eigenvalue weighted by Gasteiger charge is 2.31. The zero-order valence-corrected chi connectivity index (χ0v) is 11.1. The van der Waals surface area contributed by atoms with Crippen LogP contribution in [0.4, 0.5) is 18.9 Å². The minimum absolute atomic E-state index is 0.0608. The summed E-state index contributed by atoms with van der Waals surface area (Å²) < 4.78 is 39.7. The fourth-order valence-electron chi connectivity index (χ4n) is 1.42. The second-order valence-corrected chi connectivity index (χ2v) is 3.95. The van der Waals surface area contributed by atoms with Crippen molar-refractivity contribution in [1.29, 1.82) is 5.26 Å². The summed E-state index contributed by atoms with van der Waals surface area (Å²) in [4.78, 5) is 11.8. The third-order valence-electron chi connectivity index (χ3n) is 2.31. The van der Waals surface area contributed by atoms with Crippen LogP contribution in [0.3, 0.4) is 0 Å². The Hall–Kier alpha value is -2.95. The van der Waals surface area contributed by atoms with Gasteiger partial charge in [-0.15, -0.1) is 19.8 Å². The minimum Gasteiger partial charge on any atom is -0.510 e. The van der Waals surface area contributed by atoms with Crippen molar-refractivity contribution < 1.29 is 27.8 Å². The molecule has 0 saturated heterocycles. The maximum atomic E-state index is 12.0. The van der Waals surface area contributed by atoms with Gasteiger partial charge in [0.15, 0.2) is 5.57 Å². The molecule has 2 N–H and O–H groups in total. The number of ether oxygens (including phenoxy) is 1. The van der Waals surface area contributed by atoms with Crippen LogP contribution >= 0.6 is 0 Å². The number of hydrogen-bond donors (Lipinski definition) is 2. The lowest BCUT2D eigenvalue weighted by Gasteiger charge is -2.10. The van der Waals surface area contributed by atoms with Gasteiger partial charge in [-0.2, -0.15) is 5.26 Å². The summed E-state index contributed by atoms with van der Waals surface area (Å²) in [5.41, 5.74) is -0.366. The molecule has 22 heavy (non-hydrogen) atoms. The monoisotopic (exact) mass is 312 g/mol. The summed E-state index contributed by atoms with van der Waals surface area (Å²) in [6.07, 6.45) is -3.56. The maximum absolute atomic E-state index is 12.0. The third-order valence-corrected chi connectivity index (χ3v) is 2.31. The Labute approximate surface area is 123 Å². The van der Waals surface area contributed by atoms with Crippen molar-refractivity contribution in [2.45, 2.75) is 12.8 Å². The number of halogens is 3. The van der Waals surface area contributed by atoms with Gasteiger partial charge in [-0.05, 0) is 24.3 Å². The average Bonchev–Trinajstić information content (AvgIpc) is 2.40. The van der Waals surface area contributed by atoms with Gasteiger partial charge in [0.05, 0.1) is 0 Å². The molecule has 8 heteroatoms. The summed E-state index contributed by atoms with van der Waals surface area (Å²) in [5, 5.41) is 20.6. The number of carbonyl (C=O) groups excluding carboxylic acids is 1. The first-order valence-electron chi connectivity index (χ1n) is 5.87. The molecular weight excluding hydrogens is 301 g/mol. The highest BCUT2D eigenvalue weighted by Crippen LogP contribution is 2.24. The molecule has 5 nitrogen and oxygen atoms in total. The molecule has 0 fully saturated rings. The van der Waals surface area contributed by atoms with Crippen molar-refractivity contribution in [3.63, 3.8) is 0 Å². The van der Waals surface area contributed by atoms with Crippen LogP contribution in [0.5, 0.6) is 5.75 Å². The van der Waals surface area contributed by atoms with E-state index in [4.69, 9.17) is 5.26 Å². The molecule has 1 amide bonds. The number of alkyl halides is 3. The van der Waals surface area contributed by atoms with Crippen LogP contribution in [0.2, 0.25) is 0 Å². The van der Waals surface area contributed by atoms with Crippen LogP contribution in [-0.2, 0) is 4.79 Å².